The molecule has 0 aliphatic rings. The van der Waals surface area contributed by atoms with Crippen LogP contribution in [-0.2, 0) is 24.1 Å². The van der Waals surface area contributed by atoms with Crippen molar-refractivity contribution in [1.29, 1.82) is 0 Å². The second kappa shape index (κ2) is 5.34. The third-order valence-corrected chi connectivity index (χ3v) is 1.74. The Labute approximate surface area is 76.4 Å². The molecule has 0 aliphatic heterocycles. The van der Waals surface area contributed by atoms with Gasteiger partial charge >= 0.3 is 76.2 Å². The summed E-state index contributed by atoms with van der Waals surface area (Å²) in [5.41, 5.74) is 0.494. The molecule has 0 rings (SSSR count). The Bertz CT molecular complexity index is 75.8. The van der Waals surface area contributed by atoms with Crippen molar-refractivity contribution in [3.8, 4) is 0 Å². The van der Waals surface area contributed by atoms with Gasteiger partial charge in [-0.05, 0) is 0 Å². The van der Waals surface area contributed by atoms with Gasteiger partial charge in [0.15, 0.2) is 0 Å². The summed E-state index contributed by atoms with van der Waals surface area (Å²) < 4.78 is 4.96. The van der Waals surface area contributed by atoms with Gasteiger partial charge in [-0.1, -0.05) is 0 Å². The molecule has 0 aromatic rings. The van der Waals surface area contributed by atoms with Gasteiger partial charge in [0.25, 0.3) is 0 Å². The fourth-order valence-electron chi connectivity index (χ4n) is 0.830. The summed E-state index contributed by atoms with van der Waals surface area (Å²) in [6.45, 7) is 7.75. The van der Waals surface area contributed by atoms with E-state index < -0.39 is 0 Å². The third-order valence-electron chi connectivity index (χ3n) is 1.42. The van der Waals surface area contributed by atoms with E-state index in [0.717, 1.165) is 6.61 Å². The van der Waals surface area contributed by atoms with Crippen molar-refractivity contribution in [2.24, 2.45) is 5.41 Å². The minimum atomic E-state index is 0.494. The Kier molecular flexibility index (Phi) is 5.70. The molecule has 0 saturated heterocycles. The van der Waals surface area contributed by atoms with E-state index in [1.54, 1.807) is 20.8 Å². The topological polar surface area (TPSA) is 9.23 Å². The second-order valence-electron chi connectivity index (χ2n) is 3.87. The molecular weight excluding hydrogens is 160 g/mol. The molecular formula is C8H17OTi. The Morgan fingerprint density at radius 1 is 1.20 bits per heavy atom. The Morgan fingerprint density at radius 3 is 2.20 bits per heavy atom. The van der Waals surface area contributed by atoms with E-state index in [9.17, 15) is 0 Å². The van der Waals surface area contributed by atoms with Crippen molar-refractivity contribution in [2.75, 3.05) is 6.61 Å². The number of hydrogen-bond donors (Lipinski definition) is 0. The first kappa shape index (κ1) is 10.7. The summed E-state index contributed by atoms with van der Waals surface area (Å²) in [6, 6.07) is 0. The van der Waals surface area contributed by atoms with Gasteiger partial charge in [0.05, 0.1) is 0 Å². The number of rotatable bonds is 4. The summed E-state index contributed by atoms with van der Waals surface area (Å²) in [5.74, 6) is 0. The SMILES string of the molecule is CC(C)(C)CCCC[O][Ti]. The average Bonchev–Trinajstić information content (AvgIpc) is 1.78. The van der Waals surface area contributed by atoms with E-state index >= 15 is 0 Å². The van der Waals surface area contributed by atoms with E-state index in [2.05, 4.69) is 20.8 Å². The maximum absolute atomic E-state index is 4.96. The summed E-state index contributed by atoms with van der Waals surface area (Å²) in [5, 5.41) is 0. The van der Waals surface area contributed by atoms with Crippen LogP contribution in [0.3, 0.4) is 0 Å². The van der Waals surface area contributed by atoms with Crippen LogP contribution in [0.1, 0.15) is 40.0 Å². The molecule has 0 saturated carbocycles. The van der Waals surface area contributed by atoms with Gasteiger partial charge in [-0.15, -0.1) is 0 Å². The summed E-state index contributed by atoms with van der Waals surface area (Å²) in [7, 11) is 0. The zero-order chi connectivity index (χ0) is 8.04. The zero-order valence-electron chi connectivity index (χ0n) is 7.24. The molecule has 0 aromatic carbocycles. The molecule has 0 amide bonds. The van der Waals surface area contributed by atoms with Crippen LogP contribution in [0, 0.1) is 5.41 Å². The van der Waals surface area contributed by atoms with E-state index in [1.165, 1.54) is 19.3 Å². The molecule has 0 bridgehead atoms. The Balaban J connectivity index is 3.04. The molecule has 2 heteroatoms. The van der Waals surface area contributed by atoms with Gasteiger partial charge in [0.1, 0.15) is 0 Å². The van der Waals surface area contributed by atoms with Crippen LogP contribution < -0.4 is 0 Å². The molecule has 0 heterocycles. The van der Waals surface area contributed by atoms with Gasteiger partial charge in [-0.3, -0.25) is 0 Å². The fraction of sp³-hybridized carbons (Fsp3) is 1.00. The van der Waals surface area contributed by atoms with Gasteiger partial charge in [-0.25, -0.2) is 0 Å². The van der Waals surface area contributed by atoms with E-state index in [1.807, 2.05) is 0 Å². The first-order chi connectivity index (χ1) is 4.56. The van der Waals surface area contributed by atoms with E-state index in [4.69, 9.17) is 3.32 Å². The monoisotopic (exact) mass is 177 g/mol. The van der Waals surface area contributed by atoms with Crippen LogP contribution in [0.4, 0.5) is 0 Å². The van der Waals surface area contributed by atoms with Crippen molar-refractivity contribution < 1.29 is 24.1 Å². The molecule has 0 spiro atoms. The van der Waals surface area contributed by atoms with Crippen molar-refractivity contribution in [3.05, 3.63) is 0 Å². The zero-order valence-corrected chi connectivity index (χ0v) is 8.80. The average molecular weight is 177 g/mol. The molecule has 0 N–H and O–H groups in total. The van der Waals surface area contributed by atoms with Crippen molar-refractivity contribution in [3.63, 3.8) is 0 Å². The minimum absolute atomic E-state index is 0.494. The summed E-state index contributed by atoms with van der Waals surface area (Å²) >= 11 is 1.76. The van der Waals surface area contributed by atoms with Crippen LogP contribution >= 0.6 is 0 Å². The molecule has 0 aromatic heterocycles. The first-order valence-electron chi connectivity index (χ1n) is 3.85. The fourth-order valence-corrected chi connectivity index (χ4v) is 1.05. The van der Waals surface area contributed by atoms with Crippen LogP contribution in [0.25, 0.3) is 0 Å². The Morgan fingerprint density at radius 2 is 1.80 bits per heavy atom. The van der Waals surface area contributed by atoms with E-state index in [0.29, 0.717) is 5.41 Å². The molecule has 0 fully saturated rings. The number of unbranched alkanes of at least 4 members (excludes halogenated alkanes) is 1. The van der Waals surface area contributed by atoms with Crippen molar-refractivity contribution in [1.82, 2.24) is 0 Å². The Hall–Kier alpha value is 0.674. The third kappa shape index (κ3) is 8.67. The normalized spacial score (nSPS) is 11.8. The molecule has 0 aliphatic carbocycles. The standard InChI is InChI=1S/C8H17O.Ti/c1-8(2,3)6-4-5-7-9;/h4-7H2,1-3H3;/q-1;+1. The first-order valence-corrected chi connectivity index (χ1v) is 4.48. The molecule has 0 atom stereocenters. The van der Waals surface area contributed by atoms with Crippen molar-refractivity contribution >= 4 is 0 Å². The van der Waals surface area contributed by atoms with Crippen LogP contribution in [0.2, 0.25) is 0 Å². The van der Waals surface area contributed by atoms with Gasteiger partial charge in [0, 0.05) is 0 Å². The molecule has 1 nitrogen and oxygen atoms in total. The van der Waals surface area contributed by atoms with Crippen molar-refractivity contribution in [2.45, 2.75) is 40.0 Å². The van der Waals surface area contributed by atoms with Gasteiger partial charge in [-0.2, -0.15) is 0 Å². The van der Waals surface area contributed by atoms with Crippen LogP contribution in [0.15, 0.2) is 0 Å². The summed E-state index contributed by atoms with van der Waals surface area (Å²) in [6.07, 6.45) is 3.79. The molecule has 59 valence electrons. The molecule has 10 heavy (non-hydrogen) atoms. The number of hydrogen-bond acceptors (Lipinski definition) is 1. The molecule has 0 unspecified atom stereocenters. The summed E-state index contributed by atoms with van der Waals surface area (Å²) in [4.78, 5) is 0. The predicted octanol–water partition coefficient (Wildman–Crippen LogP) is 2.68. The van der Waals surface area contributed by atoms with Gasteiger partial charge < -0.3 is 0 Å². The van der Waals surface area contributed by atoms with E-state index in [-0.39, 0.29) is 0 Å². The van der Waals surface area contributed by atoms with Crippen LogP contribution in [-0.4, -0.2) is 6.61 Å². The maximum atomic E-state index is 4.96. The quantitative estimate of drug-likeness (QED) is 0.473. The van der Waals surface area contributed by atoms with Gasteiger partial charge in [0.2, 0.25) is 0 Å². The van der Waals surface area contributed by atoms with Crippen LogP contribution in [0.5, 0.6) is 0 Å². The second-order valence-corrected chi connectivity index (χ2v) is 4.32. The predicted molar refractivity (Wildman–Crippen MR) is 39.3 cm³/mol. The molecule has 0 radical (unpaired) electrons.